The summed E-state index contributed by atoms with van der Waals surface area (Å²) in [5, 5.41) is 5.61. The number of hydrogen-bond acceptors (Lipinski definition) is 5. The topological polar surface area (TPSA) is 63.4 Å². The van der Waals surface area contributed by atoms with Gasteiger partial charge in [0.05, 0.1) is 5.69 Å². The van der Waals surface area contributed by atoms with E-state index in [2.05, 4.69) is 5.16 Å². The van der Waals surface area contributed by atoms with Gasteiger partial charge in [-0.2, -0.15) is 4.31 Å². The molecule has 1 fully saturated rings. The van der Waals surface area contributed by atoms with Gasteiger partial charge in [0.2, 0.25) is 0 Å². The minimum absolute atomic E-state index is 0.374. The number of sulfonamides is 1. The molecule has 102 valence electrons. The Labute approximate surface area is 115 Å². The highest BCUT2D eigenvalue weighted by Gasteiger charge is 2.28. The second kappa shape index (κ2) is 4.73. The molecular weight excluding hydrogens is 284 g/mol. The average Bonchev–Trinajstić information content (AvgIpc) is 3.10. The van der Waals surface area contributed by atoms with Crippen molar-refractivity contribution in [1.29, 1.82) is 0 Å². The molecule has 19 heavy (non-hydrogen) atoms. The zero-order valence-electron chi connectivity index (χ0n) is 10.5. The first kappa shape index (κ1) is 12.8. The number of nitrogens with zero attached hydrogens (tertiary/aromatic N) is 2. The fraction of sp³-hybridized carbons (Fsp3) is 0.417. The van der Waals surface area contributed by atoms with Gasteiger partial charge < -0.3 is 4.52 Å². The molecule has 0 aromatic carbocycles. The smallest absolute Gasteiger partial charge is 0.252 e. The van der Waals surface area contributed by atoms with Crippen LogP contribution in [0.3, 0.4) is 0 Å². The van der Waals surface area contributed by atoms with E-state index in [1.165, 1.54) is 11.3 Å². The van der Waals surface area contributed by atoms with Crippen LogP contribution < -0.4 is 0 Å². The van der Waals surface area contributed by atoms with E-state index in [-0.39, 0.29) is 0 Å². The molecule has 0 saturated carbocycles. The van der Waals surface area contributed by atoms with Crippen LogP contribution in [0.15, 0.2) is 26.2 Å². The third-order valence-electron chi connectivity index (χ3n) is 3.15. The second-order valence-electron chi connectivity index (χ2n) is 4.60. The van der Waals surface area contributed by atoms with Crippen LogP contribution in [0.1, 0.15) is 18.5 Å². The van der Waals surface area contributed by atoms with Crippen molar-refractivity contribution in [1.82, 2.24) is 9.46 Å². The molecule has 0 atom stereocenters. The van der Waals surface area contributed by atoms with Crippen molar-refractivity contribution in [2.75, 3.05) is 13.1 Å². The van der Waals surface area contributed by atoms with E-state index in [4.69, 9.17) is 4.52 Å². The third-order valence-corrected chi connectivity index (χ3v) is 6.46. The Morgan fingerprint density at radius 2 is 2.05 bits per heavy atom. The van der Waals surface area contributed by atoms with Gasteiger partial charge in [-0.1, -0.05) is 5.16 Å². The number of aryl methyl sites for hydroxylation is 1. The third kappa shape index (κ3) is 2.33. The van der Waals surface area contributed by atoms with Gasteiger partial charge in [0.15, 0.2) is 5.76 Å². The highest BCUT2D eigenvalue weighted by Crippen LogP contribution is 2.31. The van der Waals surface area contributed by atoms with Crippen LogP contribution >= 0.6 is 11.3 Å². The van der Waals surface area contributed by atoms with Crippen molar-refractivity contribution in [3.05, 3.63) is 23.2 Å². The molecule has 0 unspecified atom stereocenters. The quantitative estimate of drug-likeness (QED) is 0.873. The minimum atomic E-state index is -3.33. The SMILES string of the molecule is Cc1cc(-c2csc(S(=O)(=O)N3CCCC3)c2)on1. The largest absolute Gasteiger partial charge is 0.356 e. The lowest BCUT2D eigenvalue weighted by molar-refractivity contribution is 0.427. The van der Waals surface area contributed by atoms with E-state index in [1.54, 1.807) is 21.8 Å². The molecule has 3 rings (SSSR count). The van der Waals surface area contributed by atoms with Gasteiger partial charge >= 0.3 is 0 Å². The number of aromatic nitrogens is 1. The number of hydrogen-bond donors (Lipinski definition) is 0. The fourth-order valence-electron chi connectivity index (χ4n) is 2.14. The number of thiophene rings is 1. The molecular formula is C12H14N2O3S2. The molecule has 7 heteroatoms. The Bertz CT molecular complexity index is 681. The maximum Gasteiger partial charge on any atom is 0.252 e. The van der Waals surface area contributed by atoms with Crippen LogP contribution in [0.2, 0.25) is 0 Å². The molecule has 0 radical (unpaired) electrons. The van der Waals surface area contributed by atoms with Crippen molar-refractivity contribution in [3.8, 4) is 11.3 Å². The van der Waals surface area contributed by atoms with E-state index < -0.39 is 10.0 Å². The van der Waals surface area contributed by atoms with Crippen molar-refractivity contribution < 1.29 is 12.9 Å². The Kier molecular flexibility index (Phi) is 3.20. The molecule has 2 aromatic rings. The summed E-state index contributed by atoms with van der Waals surface area (Å²) in [5.41, 5.74) is 1.55. The van der Waals surface area contributed by atoms with Crippen LogP contribution in [0, 0.1) is 6.92 Å². The lowest BCUT2D eigenvalue weighted by atomic mass is 10.2. The minimum Gasteiger partial charge on any atom is -0.356 e. The van der Waals surface area contributed by atoms with Crippen molar-refractivity contribution in [2.24, 2.45) is 0 Å². The second-order valence-corrected chi connectivity index (χ2v) is 7.67. The highest BCUT2D eigenvalue weighted by molar-refractivity contribution is 7.91. The summed E-state index contributed by atoms with van der Waals surface area (Å²) < 4.78 is 31.8. The summed E-state index contributed by atoms with van der Waals surface area (Å²) in [5.74, 6) is 0.608. The van der Waals surface area contributed by atoms with Gasteiger partial charge in [0.25, 0.3) is 10.0 Å². The lowest BCUT2D eigenvalue weighted by Gasteiger charge is -2.13. The van der Waals surface area contributed by atoms with Crippen molar-refractivity contribution >= 4 is 21.4 Å². The summed E-state index contributed by atoms with van der Waals surface area (Å²) in [6, 6.07) is 3.46. The van der Waals surface area contributed by atoms with E-state index in [0.29, 0.717) is 23.1 Å². The van der Waals surface area contributed by atoms with Crippen LogP contribution in [0.25, 0.3) is 11.3 Å². The predicted molar refractivity (Wildman–Crippen MR) is 72.5 cm³/mol. The normalized spacial score (nSPS) is 17.1. The molecule has 2 aromatic heterocycles. The molecule has 0 amide bonds. The van der Waals surface area contributed by atoms with Crippen LogP contribution in [0.5, 0.6) is 0 Å². The monoisotopic (exact) mass is 298 g/mol. The van der Waals surface area contributed by atoms with Gasteiger partial charge in [-0.25, -0.2) is 8.42 Å². The highest BCUT2D eigenvalue weighted by atomic mass is 32.2. The zero-order valence-corrected chi connectivity index (χ0v) is 12.1. The first-order valence-corrected chi connectivity index (χ1v) is 8.42. The van der Waals surface area contributed by atoms with Crippen LogP contribution in [-0.2, 0) is 10.0 Å². The molecule has 3 heterocycles. The summed E-state index contributed by atoms with van der Waals surface area (Å²) in [6.45, 7) is 3.08. The maximum absolute atomic E-state index is 12.4. The summed E-state index contributed by atoms with van der Waals surface area (Å²) in [6.07, 6.45) is 1.89. The lowest BCUT2D eigenvalue weighted by Crippen LogP contribution is -2.27. The Balaban J connectivity index is 1.93. The molecule has 1 aliphatic heterocycles. The van der Waals surface area contributed by atoms with Gasteiger partial charge in [0, 0.05) is 30.1 Å². The van der Waals surface area contributed by atoms with Crippen LogP contribution in [0.4, 0.5) is 0 Å². The van der Waals surface area contributed by atoms with E-state index in [1.807, 2.05) is 6.92 Å². The molecule has 1 saturated heterocycles. The van der Waals surface area contributed by atoms with Crippen LogP contribution in [-0.4, -0.2) is 31.0 Å². The van der Waals surface area contributed by atoms with Gasteiger partial charge in [0.1, 0.15) is 4.21 Å². The standard InChI is InChI=1S/C12H14N2O3S2/c1-9-6-11(17-13-9)10-7-12(18-8-10)19(15,16)14-4-2-3-5-14/h6-8H,2-5H2,1H3. The summed E-state index contributed by atoms with van der Waals surface area (Å²) in [4.78, 5) is 0. The predicted octanol–water partition coefficient (Wildman–Crippen LogP) is 2.50. The Morgan fingerprint density at radius 3 is 2.68 bits per heavy atom. The van der Waals surface area contributed by atoms with Crippen molar-refractivity contribution in [2.45, 2.75) is 24.0 Å². The zero-order chi connectivity index (χ0) is 13.5. The fourth-order valence-corrected chi connectivity index (χ4v) is 4.97. The molecule has 0 bridgehead atoms. The molecule has 1 aliphatic rings. The van der Waals surface area contributed by atoms with E-state index >= 15 is 0 Å². The van der Waals surface area contributed by atoms with Gasteiger partial charge in [-0.3, -0.25) is 0 Å². The average molecular weight is 298 g/mol. The molecule has 0 spiro atoms. The maximum atomic E-state index is 12.4. The molecule has 5 nitrogen and oxygen atoms in total. The Hall–Kier alpha value is -1.18. The van der Waals surface area contributed by atoms with Gasteiger partial charge in [-0.15, -0.1) is 11.3 Å². The number of rotatable bonds is 3. The Morgan fingerprint density at radius 1 is 1.32 bits per heavy atom. The van der Waals surface area contributed by atoms with Crippen molar-refractivity contribution in [3.63, 3.8) is 0 Å². The van der Waals surface area contributed by atoms with Gasteiger partial charge in [-0.05, 0) is 25.8 Å². The van der Waals surface area contributed by atoms with E-state index in [0.717, 1.165) is 24.1 Å². The van der Waals surface area contributed by atoms with E-state index in [9.17, 15) is 8.42 Å². The molecule has 0 aliphatic carbocycles. The summed E-state index contributed by atoms with van der Waals surface area (Å²) >= 11 is 1.23. The molecule has 0 N–H and O–H groups in total. The first-order chi connectivity index (χ1) is 9.07. The summed E-state index contributed by atoms with van der Waals surface area (Å²) in [7, 11) is -3.33. The first-order valence-electron chi connectivity index (χ1n) is 6.10.